The van der Waals surface area contributed by atoms with Gasteiger partial charge in [0.05, 0.1) is 6.10 Å². The van der Waals surface area contributed by atoms with Crippen LogP contribution in [0.3, 0.4) is 0 Å². The van der Waals surface area contributed by atoms with Gasteiger partial charge in [-0.1, -0.05) is 18.6 Å². The summed E-state index contributed by atoms with van der Waals surface area (Å²) in [5, 5.41) is 9.99. The summed E-state index contributed by atoms with van der Waals surface area (Å²) in [6, 6.07) is 5.70. The maximum atomic E-state index is 11.9. The third kappa shape index (κ3) is 2.52. The number of carbonyl (C=O) groups is 1. The zero-order valence-electron chi connectivity index (χ0n) is 11.1. The molecule has 3 rings (SSSR count). The highest BCUT2D eigenvalue weighted by Crippen LogP contribution is 2.32. The highest BCUT2D eigenvalue weighted by Gasteiger charge is 2.27. The van der Waals surface area contributed by atoms with Gasteiger partial charge in [-0.25, -0.2) is 0 Å². The molecule has 102 valence electrons. The lowest BCUT2D eigenvalue weighted by atomic mass is 9.89. The van der Waals surface area contributed by atoms with Crippen molar-refractivity contribution in [3.8, 4) is 5.75 Å². The second-order valence-corrected chi connectivity index (χ2v) is 5.57. The van der Waals surface area contributed by atoms with Crippen LogP contribution in [0.1, 0.15) is 54.4 Å². The van der Waals surface area contributed by atoms with Gasteiger partial charge in [0, 0.05) is 17.5 Å². The Kier molecular flexibility index (Phi) is 3.56. The SMILES string of the molecule is O=C1CCCc2c(OC3CCCCC3O)cccc21. The van der Waals surface area contributed by atoms with E-state index in [1.165, 1.54) is 0 Å². The number of hydrogen-bond donors (Lipinski definition) is 1. The third-order valence-corrected chi connectivity index (χ3v) is 4.21. The molecule has 1 N–H and O–H groups in total. The van der Waals surface area contributed by atoms with Crippen molar-refractivity contribution < 1.29 is 14.6 Å². The van der Waals surface area contributed by atoms with Gasteiger partial charge < -0.3 is 9.84 Å². The highest BCUT2D eigenvalue weighted by atomic mass is 16.5. The molecule has 1 saturated carbocycles. The average molecular weight is 260 g/mol. The van der Waals surface area contributed by atoms with E-state index in [1.54, 1.807) is 0 Å². The van der Waals surface area contributed by atoms with Crippen molar-refractivity contribution in [3.63, 3.8) is 0 Å². The maximum Gasteiger partial charge on any atom is 0.163 e. The molecule has 1 fully saturated rings. The third-order valence-electron chi connectivity index (χ3n) is 4.21. The van der Waals surface area contributed by atoms with Gasteiger partial charge in [0.1, 0.15) is 11.9 Å². The molecule has 2 aliphatic rings. The minimum atomic E-state index is -0.371. The summed E-state index contributed by atoms with van der Waals surface area (Å²) < 4.78 is 6.01. The fraction of sp³-hybridized carbons (Fsp3) is 0.562. The Bertz CT molecular complexity index is 481. The molecule has 3 nitrogen and oxygen atoms in total. The normalized spacial score (nSPS) is 26.9. The van der Waals surface area contributed by atoms with E-state index in [1.807, 2.05) is 18.2 Å². The molecule has 2 atom stereocenters. The molecule has 0 heterocycles. The van der Waals surface area contributed by atoms with Crippen LogP contribution in [0, 0.1) is 0 Å². The van der Waals surface area contributed by atoms with E-state index in [4.69, 9.17) is 4.74 Å². The first kappa shape index (κ1) is 12.7. The van der Waals surface area contributed by atoms with Crippen LogP contribution in [0.15, 0.2) is 18.2 Å². The number of aliphatic hydroxyl groups is 1. The van der Waals surface area contributed by atoms with Crippen molar-refractivity contribution >= 4 is 5.78 Å². The van der Waals surface area contributed by atoms with E-state index in [2.05, 4.69) is 0 Å². The summed E-state index contributed by atoms with van der Waals surface area (Å²) in [5.74, 6) is 1.02. The lowest BCUT2D eigenvalue weighted by Gasteiger charge is -2.30. The second kappa shape index (κ2) is 5.33. The van der Waals surface area contributed by atoms with Gasteiger partial charge in [0.25, 0.3) is 0 Å². The van der Waals surface area contributed by atoms with Gasteiger partial charge in [-0.05, 0) is 38.2 Å². The Morgan fingerprint density at radius 3 is 2.79 bits per heavy atom. The van der Waals surface area contributed by atoms with E-state index >= 15 is 0 Å². The van der Waals surface area contributed by atoms with Crippen molar-refractivity contribution in [1.29, 1.82) is 0 Å². The van der Waals surface area contributed by atoms with Crippen LogP contribution >= 0.6 is 0 Å². The molecule has 0 amide bonds. The number of Topliss-reactive ketones (excluding diaryl/α,β-unsaturated/α-hetero) is 1. The van der Waals surface area contributed by atoms with Crippen LogP contribution < -0.4 is 4.74 Å². The standard InChI is InChI=1S/C16H20O3/c17-13-8-3-6-12-11(13)5-4-10-15(12)19-16-9-2-1-7-14(16)18/h4-5,10,14,16,18H,1-3,6-9H2. The van der Waals surface area contributed by atoms with Gasteiger partial charge in [-0.15, -0.1) is 0 Å². The number of aliphatic hydroxyl groups excluding tert-OH is 1. The molecule has 19 heavy (non-hydrogen) atoms. The van der Waals surface area contributed by atoms with Crippen LogP contribution in [0.4, 0.5) is 0 Å². The fourth-order valence-corrected chi connectivity index (χ4v) is 3.13. The number of benzene rings is 1. The molecular formula is C16H20O3. The van der Waals surface area contributed by atoms with Gasteiger partial charge in [-0.2, -0.15) is 0 Å². The Balaban J connectivity index is 1.85. The molecule has 0 radical (unpaired) electrons. The molecule has 1 aromatic rings. The fourth-order valence-electron chi connectivity index (χ4n) is 3.13. The minimum Gasteiger partial charge on any atom is -0.487 e. The average Bonchev–Trinajstić information content (AvgIpc) is 2.42. The van der Waals surface area contributed by atoms with Crippen LogP contribution in [-0.4, -0.2) is 23.1 Å². The van der Waals surface area contributed by atoms with Gasteiger partial charge in [0.2, 0.25) is 0 Å². The predicted molar refractivity (Wildman–Crippen MR) is 72.6 cm³/mol. The molecule has 0 bridgehead atoms. The number of rotatable bonds is 2. The molecule has 0 aliphatic heterocycles. The maximum absolute atomic E-state index is 11.9. The molecule has 0 spiro atoms. The Morgan fingerprint density at radius 1 is 1.11 bits per heavy atom. The van der Waals surface area contributed by atoms with Gasteiger partial charge >= 0.3 is 0 Å². The van der Waals surface area contributed by atoms with Crippen molar-refractivity contribution in [2.75, 3.05) is 0 Å². The highest BCUT2D eigenvalue weighted by molar-refractivity contribution is 5.99. The molecule has 0 aromatic heterocycles. The smallest absolute Gasteiger partial charge is 0.163 e. The lowest BCUT2D eigenvalue weighted by molar-refractivity contribution is 0.00632. The van der Waals surface area contributed by atoms with Gasteiger partial charge in [0.15, 0.2) is 5.78 Å². The molecule has 2 aliphatic carbocycles. The summed E-state index contributed by atoms with van der Waals surface area (Å²) in [6.07, 6.45) is 5.86. The largest absolute Gasteiger partial charge is 0.487 e. The van der Waals surface area contributed by atoms with Crippen LogP contribution in [-0.2, 0) is 6.42 Å². The number of ketones is 1. The molecule has 2 unspecified atom stereocenters. The zero-order valence-corrected chi connectivity index (χ0v) is 11.1. The van der Waals surface area contributed by atoms with Crippen LogP contribution in [0.25, 0.3) is 0 Å². The minimum absolute atomic E-state index is 0.114. The van der Waals surface area contributed by atoms with Crippen molar-refractivity contribution in [2.45, 2.75) is 57.2 Å². The Labute approximate surface area is 113 Å². The Morgan fingerprint density at radius 2 is 1.95 bits per heavy atom. The number of carbonyl (C=O) groups excluding carboxylic acids is 1. The molecule has 1 aromatic carbocycles. The van der Waals surface area contributed by atoms with Crippen molar-refractivity contribution in [2.24, 2.45) is 0 Å². The first-order valence-corrected chi connectivity index (χ1v) is 7.25. The van der Waals surface area contributed by atoms with E-state index < -0.39 is 0 Å². The van der Waals surface area contributed by atoms with E-state index in [0.29, 0.717) is 6.42 Å². The summed E-state index contributed by atoms with van der Waals surface area (Å²) >= 11 is 0. The first-order chi connectivity index (χ1) is 9.25. The summed E-state index contributed by atoms with van der Waals surface area (Å²) in [6.45, 7) is 0. The summed E-state index contributed by atoms with van der Waals surface area (Å²) in [4.78, 5) is 11.9. The predicted octanol–water partition coefficient (Wildman–Crippen LogP) is 2.89. The Hall–Kier alpha value is -1.35. The van der Waals surface area contributed by atoms with Crippen molar-refractivity contribution in [1.82, 2.24) is 0 Å². The molecule has 0 saturated heterocycles. The lowest BCUT2D eigenvalue weighted by Crippen LogP contribution is -2.35. The summed E-state index contributed by atoms with van der Waals surface area (Å²) in [5.41, 5.74) is 1.85. The molecular weight excluding hydrogens is 240 g/mol. The topological polar surface area (TPSA) is 46.5 Å². The first-order valence-electron chi connectivity index (χ1n) is 7.25. The zero-order chi connectivity index (χ0) is 13.2. The quantitative estimate of drug-likeness (QED) is 0.889. The van der Waals surface area contributed by atoms with E-state index in [-0.39, 0.29) is 18.0 Å². The number of hydrogen-bond acceptors (Lipinski definition) is 3. The van der Waals surface area contributed by atoms with E-state index in [9.17, 15) is 9.90 Å². The summed E-state index contributed by atoms with van der Waals surface area (Å²) in [7, 11) is 0. The van der Waals surface area contributed by atoms with Crippen LogP contribution in [0.5, 0.6) is 5.75 Å². The molecule has 3 heteroatoms. The van der Waals surface area contributed by atoms with E-state index in [0.717, 1.165) is 55.4 Å². The van der Waals surface area contributed by atoms with Gasteiger partial charge in [-0.3, -0.25) is 4.79 Å². The number of fused-ring (bicyclic) bond motifs is 1. The number of ether oxygens (including phenoxy) is 1. The van der Waals surface area contributed by atoms with Crippen molar-refractivity contribution in [3.05, 3.63) is 29.3 Å². The van der Waals surface area contributed by atoms with Crippen LogP contribution in [0.2, 0.25) is 0 Å². The second-order valence-electron chi connectivity index (χ2n) is 5.57. The monoisotopic (exact) mass is 260 g/mol.